The molecule has 4 nitrogen and oxygen atoms in total. The average Bonchev–Trinajstić information content (AvgIpc) is 2.70. The maximum Gasteiger partial charge on any atom is 0.347 e. The van der Waals surface area contributed by atoms with Gasteiger partial charge in [0.1, 0.15) is 6.61 Å². The van der Waals surface area contributed by atoms with Crippen LogP contribution in [0.4, 0.5) is 0 Å². The molecule has 5 heteroatoms. The number of hydrogen-bond acceptors (Lipinski definition) is 4. The van der Waals surface area contributed by atoms with Crippen LogP contribution in [0.2, 0.25) is 0 Å². The molecule has 0 unspecified atom stereocenters. The van der Waals surface area contributed by atoms with Crippen molar-refractivity contribution in [1.82, 2.24) is 4.90 Å². The lowest BCUT2D eigenvalue weighted by molar-refractivity contribution is -0.174. The molecule has 2 aromatic rings. The predicted molar refractivity (Wildman–Crippen MR) is 116 cm³/mol. The first-order valence-corrected chi connectivity index (χ1v) is 9.73. The van der Waals surface area contributed by atoms with E-state index in [-0.39, 0.29) is 24.5 Å². The third-order valence-electron chi connectivity index (χ3n) is 4.60. The van der Waals surface area contributed by atoms with Gasteiger partial charge in [-0.1, -0.05) is 74.5 Å². The van der Waals surface area contributed by atoms with Crippen molar-refractivity contribution >= 4 is 18.4 Å². The van der Waals surface area contributed by atoms with Gasteiger partial charge in [0.2, 0.25) is 5.60 Å². The number of likely N-dealkylation sites (N-methyl/N-ethyl adjacent to an activating group) is 1. The molecular formula is C23H32ClNO3. The van der Waals surface area contributed by atoms with Crippen LogP contribution < -0.4 is 0 Å². The summed E-state index contributed by atoms with van der Waals surface area (Å²) >= 11 is 0. The van der Waals surface area contributed by atoms with Crippen molar-refractivity contribution in [3.63, 3.8) is 0 Å². The molecule has 0 amide bonds. The highest BCUT2D eigenvalue weighted by molar-refractivity contribution is 5.86. The van der Waals surface area contributed by atoms with Crippen molar-refractivity contribution in [2.24, 2.45) is 0 Å². The predicted octanol–water partition coefficient (Wildman–Crippen LogP) is 4.66. The van der Waals surface area contributed by atoms with Crippen molar-refractivity contribution in [3.8, 4) is 0 Å². The third-order valence-corrected chi connectivity index (χ3v) is 4.60. The van der Waals surface area contributed by atoms with Gasteiger partial charge < -0.3 is 14.4 Å². The zero-order valence-corrected chi connectivity index (χ0v) is 18.1. The monoisotopic (exact) mass is 405 g/mol. The maximum absolute atomic E-state index is 13.4. The van der Waals surface area contributed by atoms with Crippen LogP contribution in [0.15, 0.2) is 60.7 Å². The molecule has 2 aromatic carbocycles. The van der Waals surface area contributed by atoms with Gasteiger partial charge in [0.15, 0.2) is 0 Å². The summed E-state index contributed by atoms with van der Waals surface area (Å²) in [7, 11) is 0. The molecule has 0 aliphatic heterocycles. The van der Waals surface area contributed by atoms with Crippen LogP contribution in [0.3, 0.4) is 0 Å². The highest BCUT2D eigenvalue weighted by atomic mass is 35.5. The lowest BCUT2D eigenvalue weighted by Gasteiger charge is -2.34. The Morgan fingerprint density at radius 3 is 1.79 bits per heavy atom. The Hall–Kier alpha value is -1.88. The van der Waals surface area contributed by atoms with E-state index >= 15 is 0 Å². The van der Waals surface area contributed by atoms with E-state index in [1.54, 1.807) is 0 Å². The SMILES string of the molecule is CCN(CC)CCOC(=O)C(OC(C)C)(c1ccccc1)c1ccccc1.Cl. The van der Waals surface area contributed by atoms with Crippen LogP contribution in [0.5, 0.6) is 0 Å². The second-order valence-corrected chi connectivity index (χ2v) is 6.74. The minimum absolute atomic E-state index is 0. The molecule has 0 radical (unpaired) electrons. The zero-order chi connectivity index (χ0) is 19.7. The van der Waals surface area contributed by atoms with Crippen molar-refractivity contribution in [3.05, 3.63) is 71.8 Å². The number of carbonyl (C=O) groups is 1. The summed E-state index contributed by atoms with van der Waals surface area (Å²) in [6.45, 7) is 11.0. The second-order valence-electron chi connectivity index (χ2n) is 6.74. The Morgan fingerprint density at radius 1 is 0.929 bits per heavy atom. The Labute approximate surface area is 175 Å². The van der Waals surface area contributed by atoms with Gasteiger partial charge >= 0.3 is 5.97 Å². The van der Waals surface area contributed by atoms with Crippen LogP contribution in [0.1, 0.15) is 38.8 Å². The second kappa shape index (κ2) is 11.8. The van der Waals surface area contributed by atoms with Crippen molar-refractivity contribution in [2.45, 2.75) is 39.4 Å². The quantitative estimate of drug-likeness (QED) is 0.539. The van der Waals surface area contributed by atoms with E-state index < -0.39 is 5.60 Å². The lowest BCUT2D eigenvalue weighted by atomic mass is 9.85. The van der Waals surface area contributed by atoms with Crippen LogP contribution in [0, 0.1) is 0 Å². The van der Waals surface area contributed by atoms with E-state index in [1.165, 1.54) is 0 Å². The van der Waals surface area contributed by atoms with Gasteiger partial charge in [-0.25, -0.2) is 4.79 Å². The topological polar surface area (TPSA) is 38.8 Å². The molecule has 0 heterocycles. The third kappa shape index (κ3) is 5.81. The number of carbonyl (C=O) groups excluding carboxylic acids is 1. The molecule has 0 N–H and O–H groups in total. The van der Waals surface area contributed by atoms with Gasteiger partial charge in [0, 0.05) is 6.54 Å². The Bertz CT molecular complexity index is 648. The van der Waals surface area contributed by atoms with Crippen LogP contribution in [0.25, 0.3) is 0 Å². The van der Waals surface area contributed by atoms with E-state index in [1.807, 2.05) is 74.5 Å². The summed E-state index contributed by atoms with van der Waals surface area (Å²) in [6, 6.07) is 19.2. The molecule has 0 spiro atoms. The molecule has 0 bridgehead atoms. The number of esters is 1. The highest BCUT2D eigenvalue weighted by Gasteiger charge is 2.45. The number of nitrogens with zero attached hydrogens (tertiary/aromatic N) is 1. The molecule has 28 heavy (non-hydrogen) atoms. The summed E-state index contributed by atoms with van der Waals surface area (Å²) in [5.74, 6) is -0.374. The molecule has 2 rings (SSSR count). The first kappa shape index (κ1) is 24.2. The molecule has 0 saturated carbocycles. The smallest absolute Gasteiger partial charge is 0.347 e. The van der Waals surface area contributed by atoms with E-state index in [0.717, 1.165) is 24.2 Å². The van der Waals surface area contributed by atoms with Gasteiger partial charge in [-0.15, -0.1) is 12.4 Å². The molecule has 0 atom stereocenters. The van der Waals surface area contributed by atoms with Crippen LogP contribution in [-0.4, -0.2) is 43.2 Å². The number of ether oxygens (including phenoxy) is 2. The minimum Gasteiger partial charge on any atom is -0.462 e. The lowest BCUT2D eigenvalue weighted by Crippen LogP contribution is -2.44. The summed E-state index contributed by atoms with van der Waals surface area (Å²) in [5.41, 5.74) is 0.274. The summed E-state index contributed by atoms with van der Waals surface area (Å²) in [5, 5.41) is 0. The number of halogens is 1. The number of hydrogen-bond donors (Lipinski definition) is 0. The number of rotatable bonds is 10. The fourth-order valence-corrected chi connectivity index (χ4v) is 3.19. The van der Waals surface area contributed by atoms with Gasteiger partial charge in [-0.2, -0.15) is 0 Å². The summed E-state index contributed by atoms with van der Waals surface area (Å²) < 4.78 is 12.0. The Kier molecular flexibility index (Phi) is 10.2. The van der Waals surface area contributed by atoms with Crippen molar-refractivity contribution < 1.29 is 14.3 Å². The summed E-state index contributed by atoms with van der Waals surface area (Å²) in [4.78, 5) is 15.6. The van der Waals surface area contributed by atoms with E-state index in [4.69, 9.17) is 9.47 Å². The first-order chi connectivity index (χ1) is 13.0. The zero-order valence-electron chi connectivity index (χ0n) is 17.3. The number of benzene rings is 2. The standard InChI is InChI=1S/C23H31NO3.ClH/c1-5-24(6-2)17-18-26-22(25)23(27-19(3)4,20-13-9-7-10-14-20)21-15-11-8-12-16-21;/h7-16,19H,5-6,17-18H2,1-4H3;1H. The van der Waals surface area contributed by atoms with Crippen molar-refractivity contribution in [2.75, 3.05) is 26.2 Å². The van der Waals surface area contributed by atoms with Gasteiger partial charge in [0.25, 0.3) is 0 Å². The molecule has 0 aliphatic carbocycles. The molecule has 0 fully saturated rings. The fourth-order valence-electron chi connectivity index (χ4n) is 3.19. The molecule has 154 valence electrons. The van der Waals surface area contributed by atoms with Gasteiger partial charge in [0.05, 0.1) is 6.10 Å². The van der Waals surface area contributed by atoms with E-state index in [2.05, 4.69) is 18.7 Å². The van der Waals surface area contributed by atoms with E-state index in [0.29, 0.717) is 13.2 Å². The summed E-state index contributed by atoms with van der Waals surface area (Å²) in [6.07, 6.45) is -0.152. The van der Waals surface area contributed by atoms with E-state index in [9.17, 15) is 4.79 Å². The highest BCUT2D eigenvalue weighted by Crippen LogP contribution is 2.36. The molecule has 0 saturated heterocycles. The van der Waals surface area contributed by atoms with Gasteiger partial charge in [-0.05, 0) is 38.1 Å². The maximum atomic E-state index is 13.4. The molecule has 0 aromatic heterocycles. The van der Waals surface area contributed by atoms with Crippen LogP contribution >= 0.6 is 12.4 Å². The fraction of sp³-hybridized carbons (Fsp3) is 0.435. The Balaban J connectivity index is 0.00000392. The van der Waals surface area contributed by atoms with Gasteiger partial charge in [-0.3, -0.25) is 0 Å². The first-order valence-electron chi connectivity index (χ1n) is 9.73. The largest absolute Gasteiger partial charge is 0.462 e. The normalized spacial score (nSPS) is 11.4. The minimum atomic E-state index is -1.28. The molecule has 0 aliphatic rings. The molecular weight excluding hydrogens is 374 g/mol. The Morgan fingerprint density at radius 2 is 1.39 bits per heavy atom. The van der Waals surface area contributed by atoms with Crippen LogP contribution in [-0.2, 0) is 19.9 Å². The van der Waals surface area contributed by atoms with Crippen molar-refractivity contribution in [1.29, 1.82) is 0 Å². The average molecular weight is 406 g/mol.